The van der Waals surface area contributed by atoms with E-state index in [-0.39, 0.29) is 31.1 Å². The largest absolute Gasteiger partial charge is 0.480 e. The number of carboxylic acid groups (broad SMARTS) is 1. The molecule has 1 amide bonds. The lowest BCUT2D eigenvalue weighted by Crippen LogP contribution is -2.47. The van der Waals surface area contributed by atoms with Gasteiger partial charge in [0.15, 0.2) is 0 Å². The fourth-order valence-electron chi connectivity index (χ4n) is 3.11. The lowest BCUT2D eigenvalue weighted by atomic mass is 10.0. The van der Waals surface area contributed by atoms with Crippen LogP contribution in [0.4, 0.5) is 4.79 Å². The van der Waals surface area contributed by atoms with E-state index in [1.54, 1.807) is 4.90 Å². The maximum absolute atomic E-state index is 12.3. The number of nitrogens with zero attached hydrogens (tertiary/aromatic N) is 1. The molecule has 0 spiro atoms. The summed E-state index contributed by atoms with van der Waals surface area (Å²) in [5, 5.41) is 12.4. The molecule has 26 heavy (non-hydrogen) atoms. The van der Waals surface area contributed by atoms with Crippen molar-refractivity contribution in [2.24, 2.45) is 5.92 Å². The zero-order valence-electron chi connectivity index (χ0n) is 15.4. The summed E-state index contributed by atoms with van der Waals surface area (Å²) in [6.45, 7) is 5.38. The maximum Gasteiger partial charge on any atom is 0.410 e. The number of aliphatic carboxylic acids is 1. The number of carbonyl (C=O) groups excluding carboxylic acids is 1. The molecule has 0 aliphatic carbocycles. The summed E-state index contributed by atoms with van der Waals surface area (Å²) < 4.78 is 5.40. The van der Waals surface area contributed by atoms with Gasteiger partial charge in [-0.25, -0.2) is 4.79 Å². The third-order valence-corrected chi connectivity index (χ3v) is 4.42. The maximum atomic E-state index is 12.3. The number of benzene rings is 1. The third-order valence-electron chi connectivity index (χ3n) is 4.42. The van der Waals surface area contributed by atoms with E-state index in [4.69, 9.17) is 4.74 Å². The van der Waals surface area contributed by atoms with Crippen molar-refractivity contribution in [2.75, 3.05) is 13.1 Å². The molecule has 1 fully saturated rings. The van der Waals surface area contributed by atoms with Crippen molar-refractivity contribution >= 4 is 24.5 Å². The van der Waals surface area contributed by atoms with E-state index >= 15 is 0 Å². The Bertz CT molecular complexity index is 568. The second kappa shape index (κ2) is 11.0. The topological polar surface area (TPSA) is 78.9 Å². The van der Waals surface area contributed by atoms with Crippen LogP contribution >= 0.6 is 12.4 Å². The Kier molecular flexibility index (Phi) is 9.44. The highest BCUT2D eigenvalue weighted by Crippen LogP contribution is 2.19. The van der Waals surface area contributed by atoms with Crippen LogP contribution in [0.2, 0.25) is 0 Å². The fourth-order valence-corrected chi connectivity index (χ4v) is 3.11. The Morgan fingerprint density at radius 2 is 2.00 bits per heavy atom. The van der Waals surface area contributed by atoms with Crippen LogP contribution < -0.4 is 5.32 Å². The average Bonchev–Trinajstić information content (AvgIpc) is 3.05. The Hall–Kier alpha value is -1.79. The predicted octanol–water partition coefficient (Wildman–Crippen LogP) is 3.30. The van der Waals surface area contributed by atoms with Crippen LogP contribution in [0.3, 0.4) is 0 Å². The lowest BCUT2D eigenvalue weighted by molar-refractivity contribution is -0.140. The molecule has 7 heteroatoms. The molecule has 1 aliphatic heterocycles. The summed E-state index contributed by atoms with van der Waals surface area (Å²) in [4.78, 5) is 25.4. The van der Waals surface area contributed by atoms with Crippen molar-refractivity contribution in [1.29, 1.82) is 0 Å². The van der Waals surface area contributed by atoms with Gasteiger partial charge in [-0.15, -0.1) is 12.4 Å². The molecular formula is C19H29ClN2O4. The van der Waals surface area contributed by atoms with Crippen LogP contribution in [0.25, 0.3) is 0 Å². The molecule has 2 unspecified atom stereocenters. The SMILES string of the molecule is CC(C)CC(NCC1CCCN1C(=O)OCc1ccccc1)C(=O)O.Cl. The Balaban J connectivity index is 0.00000338. The van der Waals surface area contributed by atoms with E-state index < -0.39 is 12.0 Å². The number of ether oxygens (including phenoxy) is 1. The summed E-state index contributed by atoms with van der Waals surface area (Å²) in [5.41, 5.74) is 0.951. The van der Waals surface area contributed by atoms with Gasteiger partial charge in [-0.05, 0) is 30.7 Å². The van der Waals surface area contributed by atoms with Gasteiger partial charge < -0.3 is 20.1 Å². The van der Waals surface area contributed by atoms with Gasteiger partial charge in [-0.1, -0.05) is 44.2 Å². The molecule has 146 valence electrons. The summed E-state index contributed by atoms with van der Waals surface area (Å²) in [5.74, 6) is -0.547. The van der Waals surface area contributed by atoms with Crippen molar-refractivity contribution in [3.05, 3.63) is 35.9 Å². The number of carboxylic acids is 1. The molecule has 1 aromatic carbocycles. The molecule has 2 atom stereocenters. The van der Waals surface area contributed by atoms with Crippen LogP contribution in [-0.4, -0.2) is 47.2 Å². The molecule has 1 saturated heterocycles. The van der Waals surface area contributed by atoms with Crippen LogP contribution in [0, 0.1) is 5.92 Å². The van der Waals surface area contributed by atoms with Gasteiger partial charge in [0, 0.05) is 19.1 Å². The van der Waals surface area contributed by atoms with Gasteiger partial charge in [-0.3, -0.25) is 4.79 Å². The Morgan fingerprint density at radius 3 is 2.62 bits per heavy atom. The van der Waals surface area contributed by atoms with E-state index in [1.807, 2.05) is 44.2 Å². The molecule has 1 aromatic rings. The first-order valence-corrected chi connectivity index (χ1v) is 8.91. The Morgan fingerprint density at radius 1 is 1.31 bits per heavy atom. The van der Waals surface area contributed by atoms with E-state index in [0.29, 0.717) is 25.4 Å². The standard InChI is InChI=1S/C19H28N2O4.ClH/c1-14(2)11-17(18(22)23)20-12-16-9-6-10-21(16)19(24)25-13-15-7-4-3-5-8-15;/h3-5,7-8,14,16-17,20H,6,9-13H2,1-2H3,(H,22,23);1H. The number of halogens is 1. The van der Waals surface area contributed by atoms with E-state index in [2.05, 4.69) is 5.32 Å². The normalized spacial score (nSPS) is 17.7. The first-order chi connectivity index (χ1) is 12.0. The van der Waals surface area contributed by atoms with Gasteiger partial charge in [-0.2, -0.15) is 0 Å². The zero-order chi connectivity index (χ0) is 18.2. The minimum atomic E-state index is -0.843. The second-order valence-electron chi connectivity index (χ2n) is 6.96. The smallest absolute Gasteiger partial charge is 0.410 e. The number of hydrogen-bond acceptors (Lipinski definition) is 4. The highest BCUT2D eigenvalue weighted by atomic mass is 35.5. The molecule has 2 N–H and O–H groups in total. The van der Waals surface area contributed by atoms with Crippen LogP contribution in [0.5, 0.6) is 0 Å². The van der Waals surface area contributed by atoms with E-state index in [1.165, 1.54) is 0 Å². The number of nitrogens with one attached hydrogen (secondary N) is 1. The number of carbonyl (C=O) groups is 2. The minimum absolute atomic E-state index is 0. The number of amides is 1. The molecule has 0 aromatic heterocycles. The van der Waals surface area contributed by atoms with Crippen molar-refractivity contribution < 1.29 is 19.4 Å². The van der Waals surface area contributed by atoms with Crippen molar-refractivity contribution in [3.63, 3.8) is 0 Å². The number of hydrogen-bond donors (Lipinski definition) is 2. The first-order valence-electron chi connectivity index (χ1n) is 8.91. The molecule has 0 radical (unpaired) electrons. The molecule has 2 rings (SSSR count). The fraction of sp³-hybridized carbons (Fsp3) is 0.579. The van der Waals surface area contributed by atoms with Gasteiger partial charge in [0.1, 0.15) is 12.6 Å². The molecule has 1 aliphatic rings. The molecule has 0 bridgehead atoms. The summed E-state index contributed by atoms with van der Waals surface area (Å²) >= 11 is 0. The van der Waals surface area contributed by atoms with Gasteiger partial charge in [0.2, 0.25) is 0 Å². The minimum Gasteiger partial charge on any atom is -0.480 e. The molecule has 1 heterocycles. The van der Waals surface area contributed by atoms with Gasteiger partial charge in [0.05, 0.1) is 0 Å². The van der Waals surface area contributed by atoms with Crippen LogP contribution in [0.1, 0.15) is 38.7 Å². The van der Waals surface area contributed by atoms with Gasteiger partial charge in [0.25, 0.3) is 0 Å². The van der Waals surface area contributed by atoms with Crippen LogP contribution in [-0.2, 0) is 16.1 Å². The second-order valence-corrected chi connectivity index (χ2v) is 6.96. The van der Waals surface area contributed by atoms with Crippen molar-refractivity contribution in [2.45, 2.75) is 51.8 Å². The summed E-state index contributed by atoms with van der Waals surface area (Å²) in [7, 11) is 0. The Labute approximate surface area is 161 Å². The highest BCUT2D eigenvalue weighted by Gasteiger charge is 2.31. The summed E-state index contributed by atoms with van der Waals surface area (Å²) in [6.07, 6.45) is 2.01. The average molecular weight is 385 g/mol. The zero-order valence-corrected chi connectivity index (χ0v) is 16.2. The van der Waals surface area contributed by atoms with E-state index in [0.717, 1.165) is 18.4 Å². The lowest BCUT2D eigenvalue weighted by Gasteiger charge is -2.26. The van der Waals surface area contributed by atoms with Crippen molar-refractivity contribution in [3.8, 4) is 0 Å². The van der Waals surface area contributed by atoms with Crippen molar-refractivity contribution in [1.82, 2.24) is 10.2 Å². The predicted molar refractivity (Wildman–Crippen MR) is 102 cm³/mol. The molecule has 6 nitrogen and oxygen atoms in total. The quantitative estimate of drug-likeness (QED) is 0.718. The van der Waals surface area contributed by atoms with Crippen LogP contribution in [0.15, 0.2) is 30.3 Å². The van der Waals surface area contributed by atoms with Gasteiger partial charge >= 0.3 is 12.1 Å². The first kappa shape index (κ1) is 22.3. The highest BCUT2D eigenvalue weighted by molar-refractivity contribution is 5.85. The number of likely N-dealkylation sites (tertiary alicyclic amines) is 1. The van der Waals surface area contributed by atoms with E-state index in [9.17, 15) is 14.7 Å². The monoisotopic (exact) mass is 384 g/mol. The molecule has 0 saturated carbocycles. The number of rotatable bonds is 8. The third kappa shape index (κ3) is 6.84. The molecular weight excluding hydrogens is 356 g/mol. The summed E-state index contributed by atoms with van der Waals surface area (Å²) in [6, 6.07) is 8.97.